The maximum absolute atomic E-state index is 13.8. The minimum atomic E-state index is -0.460. The van der Waals surface area contributed by atoms with Crippen molar-refractivity contribution in [1.82, 2.24) is 9.47 Å². The van der Waals surface area contributed by atoms with E-state index in [4.69, 9.17) is 12.2 Å². The SMILES string of the molecule is C[C@@H](SC(=S)N1C[C@H]2C[C@@H](C1)c1cccc(=O)n1C2)C(=O)Nc1ccccc1F. The van der Waals surface area contributed by atoms with Gasteiger partial charge >= 0.3 is 0 Å². The molecule has 0 unspecified atom stereocenters. The van der Waals surface area contributed by atoms with Crippen molar-refractivity contribution in [2.24, 2.45) is 5.92 Å². The lowest BCUT2D eigenvalue weighted by atomic mass is 9.83. The first-order valence-corrected chi connectivity index (χ1v) is 10.9. The zero-order valence-electron chi connectivity index (χ0n) is 16.0. The van der Waals surface area contributed by atoms with E-state index in [2.05, 4.69) is 10.2 Å². The first-order chi connectivity index (χ1) is 13.9. The maximum Gasteiger partial charge on any atom is 0.250 e. The molecule has 1 fully saturated rings. The summed E-state index contributed by atoms with van der Waals surface area (Å²) in [4.78, 5) is 26.8. The Kier molecular flexibility index (Phi) is 5.74. The Balaban J connectivity index is 1.40. The number of hydrogen-bond donors (Lipinski definition) is 1. The number of piperidine rings is 1. The van der Waals surface area contributed by atoms with E-state index < -0.39 is 11.1 Å². The number of para-hydroxylation sites is 1. The van der Waals surface area contributed by atoms with Crippen LogP contribution in [0.5, 0.6) is 0 Å². The average Bonchev–Trinajstić information content (AvgIpc) is 2.70. The van der Waals surface area contributed by atoms with Crippen LogP contribution in [0, 0.1) is 11.7 Å². The third-order valence-corrected chi connectivity index (χ3v) is 7.09. The molecule has 4 rings (SSSR count). The fourth-order valence-electron chi connectivity index (χ4n) is 4.12. The molecule has 1 N–H and O–H groups in total. The van der Waals surface area contributed by atoms with E-state index in [0.717, 1.165) is 25.2 Å². The van der Waals surface area contributed by atoms with Gasteiger partial charge in [0.1, 0.15) is 10.1 Å². The van der Waals surface area contributed by atoms with Crippen molar-refractivity contribution in [3.63, 3.8) is 0 Å². The molecule has 152 valence electrons. The quantitative estimate of drug-likeness (QED) is 0.755. The summed E-state index contributed by atoms with van der Waals surface area (Å²) >= 11 is 6.95. The van der Waals surface area contributed by atoms with Crippen LogP contribution in [0.4, 0.5) is 10.1 Å². The molecule has 29 heavy (non-hydrogen) atoms. The van der Waals surface area contributed by atoms with Gasteiger partial charge in [-0.3, -0.25) is 9.59 Å². The average molecular weight is 432 g/mol. The fraction of sp³-hybridized carbons (Fsp3) is 0.381. The monoisotopic (exact) mass is 431 g/mol. The number of benzene rings is 1. The minimum absolute atomic E-state index is 0.0565. The zero-order chi connectivity index (χ0) is 20.5. The van der Waals surface area contributed by atoms with E-state index in [0.29, 0.717) is 16.8 Å². The molecule has 0 radical (unpaired) electrons. The summed E-state index contributed by atoms with van der Waals surface area (Å²) < 4.78 is 16.3. The predicted octanol–water partition coefficient (Wildman–Crippen LogP) is 3.45. The van der Waals surface area contributed by atoms with Gasteiger partial charge in [-0.2, -0.15) is 0 Å². The first kappa shape index (κ1) is 20.1. The van der Waals surface area contributed by atoms with E-state index in [9.17, 15) is 14.0 Å². The molecule has 1 aromatic carbocycles. The molecule has 1 saturated heterocycles. The second-order valence-electron chi connectivity index (χ2n) is 7.60. The number of thioether (sulfide) groups is 1. The smallest absolute Gasteiger partial charge is 0.250 e. The Hall–Kier alpha value is -2.19. The number of pyridine rings is 1. The number of carbonyl (C=O) groups excluding carboxylic acids is 1. The van der Waals surface area contributed by atoms with Gasteiger partial charge in [0.2, 0.25) is 5.91 Å². The number of anilines is 1. The standard InChI is InChI=1S/C21H22FN3O2S2/c1-13(20(27)23-17-6-3-2-5-16(17)22)29-21(28)24-10-14-9-15(12-24)18-7-4-8-19(26)25(18)11-14/h2-8,13-15H,9-12H2,1H3,(H,23,27)/t13-,14-,15+/m1/s1. The van der Waals surface area contributed by atoms with Crippen molar-refractivity contribution in [3.05, 3.63) is 64.3 Å². The normalized spacial score (nSPS) is 21.2. The molecule has 3 heterocycles. The lowest BCUT2D eigenvalue weighted by Crippen LogP contribution is -2.48. The number of nitrogens with zero attached hydrogens (tertiary/aromatic N) is 2. The van der Waals surface area contributed by atoms with E-state index in [1.165, 1.54) is 23.9 Å². The number of nitrogens with one attached hydrogen (secondary N) is 1. The van der Waals surface area contributed by atoms with Crippen LogP contribution >= 0.6 is 24.0 Å². The number of amides is 1. The van der Waals surface area contributed by atoms with Crippen LogP contribution < -0.4 is 10.9 Å². The summed E-state index contributed by atoms with van der Waals surface area (Å²) in [5, 5.41) is 2.18. The topological polar surface area (TPSA) is 54.3 Å². The number of aromatic nitrogens is 1. The van der Waals surface area contributed by atoms with E-state index in [1.54, 1.807) is 25.1 Å². The zero-order valence-corrected chi connectivity index (χ0v) is 17.6. The van der Waals surface area contributed by atoms with Gasteiger partial charge in [0.05, 0.1) is 10.9 Å². The Morgan fingerprint density at radius 1 is 1.21 bits per heavy atom. The maximum atomic E-state index is 13.8. The molecule has 0 spiro atoms. The number of fused-ring (bicyclic) bond motifs is 4. The van der Waals surface area contributed by atoms with Gasteiger partial charge in [-0.25, -0.2) is 4.39 Å². The van der Waals surface area contributed by atoms with Crippen molar-refractivity contribution in [2.75, 3.05) is 18.4 Å². The summed E-state index contributed by atoms with van der Waals surface area (Å²) in [7, 11) is 0. The molecule has 5 nitrogen and oxygen atoms in total. The lowest BCUT2D eigenvalue weighted by Gasteiger charge is -2.43. The van der Waals surface area contributed by atoms with Gasteiger partial charge in [-0.1, -0.05) is 42.2 Å². The highest BCUT2D eigenvalue weighted by Gasteiger charge is 2.35. The van der Waals surface area contributed by atoms with Gasteiger partial charge in [-0.05, 0) is 37.5 Å². The molecule has 1 aromatic heterocycles. The highest BCUT2D eigenvalue weighted by atomic mass is 32.2. The van der Waals surface area contributed by atoms with E-state index in [-0.39, 0.29) is 23.1 Å². The molecule has 2 aliphatic rings. The number of thiocarbonyl (C=S) groups is 1. The van der Waals surface area contributed by atoms with Crippen LogP contribution in [0.2, 0.25) is 0 Å². The largest absolute Gasteiger partial charge is 0.356 e. The molecule has 2 aromatic rings. The number of carbonyl (C=O) groups is 1. The van der Waals surface area contributed by atoms with Crippen molar-refractivity contribution >= 4 is 39.9 Å². The number of rotatable bonds is 3. The second kappa shape index (κ2) is 8.28. The van der Waals surface area contributed by atoms with Gasteiger partial charge in [0.25, 0.3) is 5.56 Å². The fourth-order valence-corrected chi connectivity index (χ4v) is 5.47. The van der Waals surface area contributed by atoms with Crippen molar-refractivity contribution in [3.8, 4) is 0 Å². The number of hydrogen-bond acceptors (Lipinski definition) is 4. The van der Waals surface area contributed by atoms with Crippen molar-refractivity contribution < 1.29 is 9.18 Å². The van der Waals surface area contributed by atoms with Crippen molar-refractivity contribution in [2.45, 2.75) is 31.1 Å². The first-order valence-electron chi connectivity index (χ1n) is 9.63. The Labute approximate surface area is 178 Å². The van der Waals surface area contributed by atoms with Gasteiger partial charge in [0, 0.05) is 37.3 Å². The molecule has 8 heteroatoms. The van der Waals surface area contributed by atoms with Gasteiger partial charge in [-0.15, -0.1) is 0 Å². The molecule has 3 atom stereocenters. The molecule has 0 aliphatic carbocycles. The molecular formula is C21H22FN3O2S2. The highest BCUT2D eigenvalue weighted by Crippen LogP contribution is 2.36. The number of halogens is 1. The van der Waals surface area contributed by atoms with Crippen LogP contribution in [0.15, 0.2) is 47.3 Å². The predicted molar refractivity (Wildman–Crippen MR) is 118 cm³/mol. The summed E-state index contributed by atoms with van der Waals surface area (Å²) in [5.74, 6) is -0.116. The third-order valence-electron chi connectivity index (χ3n) is 5.52. The summed E-state index contributed by atoms with van der Waals surface area (Å²) in [6.45, 7) is 4.00. The van der Waals surface area contributed by atoms with Gasteiger partial charge < -0.3 is 14.8 Å². The van der Waals surface area contributed by atoms with Crippen LogP contribution in [-0.2, 0) is 11.3 Å². The van der Waals surface area contributed by atoms with Crippen LogP contribution in [0.1, 0.15) is 25.0 Å². The van der Waals surface area contributed by atoms with Crippen LogP contribution in [0.3, 0.4) is 0 Å². The minimum Gasteiger partial charge on any atom is -0.356 e. The molecule has 2 aliphatic heterocycles. The molecule has 1 amide bonds. The summed E-state index contributed by atoms with van der Waals surface area (Å²) in [6, 6.07) is 11.6. The van der Waals surface area contributed by atoms with Crippen molar-refractivity contribution in [1.29, 1.82) is 0 Å². The molecule has 2 bridgehead atoms. The highest BCUT2D eigenvalue weighted by molar-refractivity contribution is 8.23. The molecule has 0 saturated carbocycles. The summed E-state index contributed by atoms with van der Waals surface area (Å²) in [5.41, 5.74) is 1.29. The lowest BCUT2D eigenvalue weighted by molar-refractivity contribution is -0.115. The Bertz CT molecular complexity index is 1010. The second-order valence-corrected chi connectivity index (χ2v) is 9.57. The van der Waals surface area contributed by atoms with E-state index in [1.807, 2.05) is 16.7 Å². The summed E-state index contributed by atoms with van der Waals surface area (Å²) in [6.07, 6.45) is 1.05. The van der Waals surface area contributed by atoms with Gasteiger partial charge in [0.15, 0.2) is 0 Å². The number of likely N-dealkylation sites (tertiary alicyclic amines) is 1. The third kappa shape index (κ3) is 4.23. The van der Waals surface area contributed by atoms with Crippen LogP contribution in [0.25, 0.3) is 0 Å². The Morgan fingerprint density at radius 2 is 2.00 bits per heavy atom. The Morgan fingerprint density at radius 3 is 2.79 bits per heavy atom. The van der Waals surface area contributed by atoms with E-state index >= 15 is 0 Å². The molecular weight excluding hydrogens is 409 g/mol. The van der Waals surface area contributed by atoms with Crippen LogP contribution in [-0.4, -0.2) is 38.0 Å².